The summed E-state index contributed by atoms with van der Waals surface area (Å²) in [5.74, 6) is -0.890. The van der Waals surface area contributed by atoms with Crippen LogP contribution in [0.5, 0.6) is 0 Å². The molecular formula is C20H15BrO2. The van der Waals surface area contributed by atoms with Crippen LogP contribution in [0.4, 0.5) is 0 Å². The fraction of sp³-hybridized carbons (Fsp3) is 0.0500. The molecule has 0 fully saturated rings. The minimum absolute atomic E-state index is 0.346. The topological polar surface area (TPSA) is 37.3 Å². The summed E-state index contributed by atoms with van der Waals surface area (Å²) in [5.41, 5.74) is 3.21. The molecule has 0 unspecified atom stereocenters. The number of hydrogen-bond donors (Lipinski definition) is 1. The monoisotopic (exact) mass is 366 g/mol. The van der Waals surface area contributed by atoms with Crippen LogP contribution >= 0.6 is 15.9 Å². The Morgan fingerprint density at radius 1 is 0.913 bits per heavy atom. The van der Waals surface area contributed by atoms with E-state index in [0.29, 0.717) is 5.56 Å². The molecule has 3 rings (SSSR count). The highest BCUT2D eigenvalue weighted by molar-refractivity contribution is 9.10. The number of aromatic carboxylic acids is 1. The molecule has 0 aliphatic heterocycles. The third-order valence-corrected chi connectivity index (χ3v) is 4.27. The molecule has 3 aromatic carbocycles. The Hall–Kier alpha value is -2.39. The largest absolute Gasteiger partial charge is 0.478 e. The lowest BCUT2D eigenvalue weighted by Crippen LogP contribution is -1.99. The number of benzene rings is 3. The number of hydrogen-bond acceptors (Lipinski definition) is 1. The fourth-order valence-corrected chi connectivity index (χ4v) is 2.94. The van der Waals surface area contributed by atoms with E-state index >= 15 is 0 Å². The molecule has 0 radical (unpaired) electrons. The van der Waals surface area contributed by atoms with Crippen molar-refractivity contribution in [2.45, 2.75) is 6.92 Å². The number of halogens is 1. The molecule has 0 bridgehead atoms. The SMILES string of the molecule is Cc1cc(/C=C/c2ccc3cc(Br)ccc3c2)ccc1C(=O)O. The number of carboxylic acid groups (broad SMARTS) is 1. The van der Waals surface area contributed by atoms with Gasteiger partial charge in [0, 0.05) is 4.47 Å². The first-order valence-corrected chi connectivity index (χ1v) is 8.03. The summed E-state index contributed by atoms with van der Waals surface area (Å²) in [6.07, 6.45) is 4.04. The van der Waals surface area contributed by atoms with Crippen LogP contribution in [0.2, 0.25) is 0 Å². The van der Waals surface area contributed by atoms with Crippen molar-refractivity contribution in [1.29, 1.82) is 0 Å². The van der Waals surface area contributed by atoms with E-state index in [1.165, 1.54) is 10.8 Å². The Labute approximate surface area is 143 Å². The molecule has 1 N–H and O–H groups in total. The van der Waals surface area contributed by atoms with Crippen LogP contribution in [0.1, 0.15) is 27.0 Å². The van der Waals surface area contributed by atoms with Crippen molar-refractivity contribution in [3.63, 3.8) is 0 Å². The Morgan fingerprint density at radius 2 is 1.52 bits per heavy atom. The molecule has 0 aromatic heterocycles. The summed E-state index contributed by atoms with van der Waals surface area (Å²) in [6.45, 7) is 1.81. The Morgan fingerprint density at radius 3 is 2.22 bits per heavy atom. The lowest BCUT2D eigenvalue weighted by Gasteiger charge is -2.03. The van der Waals surface area contributed by atoms with E-state index in [4.69, 9.17) is 5.11 Å². The van der Waals surface area contributed by atoms with Crippen molar-refractivity contribution in [1.82, 2.24) is 0 Å². The second-order valence-corrected chi connectivity index (χ2v) is 6.38. The molecule has 0 atom stereocenters. The third kappa shape index (κ3) is 3.51. The lowest BCUT2D eigenvalue weighted by molar-refractivity contribution is 0.0696. The summed E-state index contributed by atoms with van der Waals surface area (Å²) < 4.78 is 1.07. The van der Waals surface area contributed by atoms with E-state index in [2.05, 4.69) is 46.3 Å². The van der Waals surface area contributed by atoms with Gasteiger partial charge in [-0.25, -0.2) is 4.79 Å². The zero-order chi connectivity index (χ0) is 16.4. The number of carbonyl (C=O) groups is 1. The summed E-state index contributed by atoms with van der Waals surface area (Å²) >= 11 is 3.48. The van der Waals surface area contributed by atoms with Crippen molar-refractivity contribution < 1.29 is 9.90 Å². The third-order valence-electron chi connectivity index (χ3n) is 3.78. The molecule has 0 amide bonds. The Kier molecular flexibility index (Phi) is 4.30. The van der Waals surface area contributed by atoms with Crippen molar-refractivity contribution >= 4 is 44.8 Å². The van der Waals surface area contributed by atoms with E-state index in [0.717, 1.165) is 21.2 Å². The minimum Gasteiger partial charge on any atom is -0.478 e. The molecule has 0 aliphatic carbocycles. The van der Waals surface area contributed by atoms with E-state index < -0.39 is 5.97 Å². The predicted molar refractivity (Wildman–Crippen MR) is 98.7 cm³/mol. The number of fused-ring (bicyclic) bond motifs is 1. The van der Waals surface area contributed by atoms with Crippen LogP contribution in [0, 0.1) is 6.92 Å². The van der Waals surface area contributed by atoms with Crippen molar-refractivity contribution in [2.24, 2.45) is 0 Å². The van der Waals surface area contributed by atoms with Crippen LogP contribution in [-0.2, 0) is 0 Å². The van der Waals surface area contributed by atoms with E-state index in [-0.39, 0.29) is 0 Å². The standard InChI is InChI=1S/C20H15BrO2/c1-13-10-14(5-9-19(13)20(22)23)2-3-15-4-6-17-12-18(21)8-7-16(17)11-15/h2-12H,1H3,(H,22,23)/b3-2+. The first-order valence-electron chi connectivity index (χ1n) is 7.24. The molecule has 114 valence electrons. The second kappa shape index (κ2) is 6.39. The molecule has 0 saturated carbocycles. The van der Waals surface area contributed by atoms with E-state index in [9.17, 15) is 4.79 Å². The maximum atomic E-state index is 11.0. The van der Waals surface area contributed by atoms with Gasteiger partial charge in [0.2, 0.25) is 0 Å². The van der Waals surface area contributed by atoms with Crippen LogP contribution in [0.15, 0.2) is 59.1 Å². The predicted octanol–water partition coefficient (Wildman–Crippen LogP) is 5.78. The smallest absolute Gasteiger partial charge is 0.335 e. The van der Waals surface area contributed by atoms with Gasteiger partial charge >= 0.3 is 5.97 Å². The summed E-state index contributed by atoms with van der Waals surface area (Å²) in [4.78, 5) is 11.0. The van der Waals surface area contributed by atoms with Gasteiger partial charge in [0.25, 0.3) is 0 Å². The van der Waals surface area contributed by atoms with Gasteiger partial charge in [0.15, 0.2) is 0 Å². The molecule has 0 aliphatic rings. The van der Waals surface area contributed by atoms with Gasteiger partial charge in [-0.3, -0.25) is 0 Å². The molecule has 3 aromatic rings. The molecular weight excluding hydrogens is 352 g/mol. The minimum atomic E-state index is -0.890. The Bertz CT molecular complexity index is 926. The maximum absolute atomic E-state index is 11.0. The summed E-state index contributed by atoms with van der Waals surface area (Å²) in [5, 5.41) is 11.4. The van der Waals surface area contributed by atoms with Gasteiger partial charge in [-0.1, -0.05) is 58.4 Å². The van der Waals surface area contributed by atoms with Crippen LogP contribution in [-0.4, -0.2) is 11.1 Å². The average molecular weight is 367 g/mol. The molecule has 0 saturated heterocycles. The first-order chi connectivity index (χ1) is 11.0. The zero-order valence-electron chi connectivity index (χ0n) is 12.6. The molecule has 3 heteroatoms. The number of aryl methyl sites for hydroxylation is 1. The zero-order valence-corrected chi connectivity index (χ0v) is 14.2. The summed E-state index contributed by atoms with van der Waals surface area (Å²) in [6, 6.07) is 17.9. The fourth-order valence-electron chi connectivity index (χ4n) is 2.56. The highest BCUT2D eigenvalue weighted by atomic mass is 79.9. The van der Waals surface area contributed by atoms with Gasteiger partial charge in [-0.15, -0.1) is 0 Å². The van der Waals surface area contributed by atoms with Crippen LogP contribution in [0.25, 0.3) is 22.9 Å². The van der Waals surface area contributed by atoms with E-state index in [1.54, 1.807) is 6.07 Å². The van der Waals surface area contributed by atoms with Gasteiger partial charge < -0.3 is 5.11 Å². The van der Waals surface area contributed by atoms with Gasteiger partial charge in [-0.2, -0.15) is 0 Å². The van der Waals surface area contributed by atoms with Crippen molar-refractivity contribution in [3.05, 3.63) is 81.3 Å². The average Bonchev–Trinajstić information content (AvgIpc) is 2.52. The molecule has 0 heterocycles. The first kappa shape index (κ1) is 15.5. The van der Waals surface area contributed by atoms with Crippen molar-refractivity contribution in [3.8, 4) is 0 Å². The number of rotatable bonds is 3. The van der Waals surface area contributed by atoms with Gasteiger partial charge in [0.05, 0.1) is 5.56 Å². The number of carboxylic acids is 1. The quantitative estimate of drug-likeness (QED) is 0.596. The molecule has 23 heavy (non-hydrogen) atoms. The highest BCUT2D eigenvalue weighted by Gasteiger charge is 2.05. The maximum Gasteiger partial charge on any atom is 0.335 e. The van der Waals surface area contributed by atoms with E-state index in [1.807, 2.05) is 37.3 Å². The highest BCUT2D eigenvalue weighted by Crippen LogP contribution is 2.22. The molecule has 2 nitrogen and oxygen atoms in total. The van der Waals surface area contributed by atoms with Crippen LogP contribution < -0.4 is 0 Å². The van der Waals surface area contributed by atoms with Crippen molar-refractivity contribution in [2.75, 3.05) is 0 Å². The summed E-state index contributed by atoms with van der Waals surface area (Å²) in [7, 11) is 0. The van der Waals surface area contributed by atoms with Gasteiger partial charge in [-0.05, 0) is 58.7 Å². The lowest BCUT2D eigenvalue weighted by atomic mass is 10.0. The van der Waals surface area contributed by atoms with Gasteiger partial charge in [0.1, 0.15) is 0 Å². The Balaban J connectivity index is 1.89. The normalized spacial score (nSPS) is 11.2. The second-order valence-electron chi connectivity index (χ2n) is 5.46. The molecule has 0 spiro atoms. The van der Waals surface area contributed by atoms with Crippen LogP contribution in [0.3, 0.4) is 0 Å².